The van der Waals surface area contributed by atoms with Crippen LogP contribution in [-0.2, 0) is 11.2 Å². The summed E-state index contributed by atoms with van der Waals surface area (Å²) < 4.78 is 5.27. The number of amides is 2. The van der Waals surface area contributed by atoms with E-state index < -0.39 is 0 Å². The lowest BCUT2D eigenvalue weighted by molar-refractivity contribution is 0.0801. The number of rotatable bonds is 4. The molecule has 0 radical (unpaired) electrons. The molecule has 3 rings (SSSR count). The number of aryl methyl sites for hydroxylation is 1. The van der Waals surface area contributed by atoms with E-state index in [2.05, 4.69) is 15.6 Å². The van der Waals surface area contributed by atoms with Crippen LogP contribution in [0.2, 0.25) is 0 Å². The van der Waals surface area contributed by atoms with Crippen LogP contribution in [0, 0.1) is 6.92 Å². The standard InChI is InChI=1S/C18H23N3O3/c1-12-2-3-16-14(10-12)11-13(17(22)21-16)4-7-19-18(23)20-15-5-8-24-9-6-15/h2-3,10-11,15H,4-9H2,1H3,(H,21,22)(H2,19,20,23). The summed E-state index contributed by atoms with van der Waals surface area (Å²) in [4.78, 5) is 26.9. The maximum absolute atomic E-state index is 12.1. The van der Waals surface area contributed by atoms with Crippen molar-refractivity contribution in [3.8, 4) is 0 Å². The lowest BCUT2D eigenvalue weighted by Gasteiger charge is -2.23. The highest BCUT2D eigenvalue weighted by Gasteiger charge is 2.15. The highest BCUT2D eigenvalue weighted by Crippen LogP contribution is 2.13. The van der Waals surface area contributed by atoms with Crippen LogP contribution in [0.5, 0.6) is 0 Å². The quantitative estimate of drug-likeness (QED) is 0.800. The van der Waals surface area contributed by atoms with Crippen molar-refractivity contribution in [2.75, 3.05) is 19.8 Å². The van der Waals surface area contributed by atoms with Gasteiger partial charge in [-0.3, -0.25) is 4.79 Å². The van der Waals surface area contributed by atoms with Crippen LogP contribution in [-0.4, -0.2) is 36.8 Å². The van der Waals surface area contributed by atoms with E-state index in [-0.39, 0.29) is 17.6 Å². The molecular weight excluding hydrogens is 306 g/mol. The first-order chi connectivity index (χ1) is 11.6. The number of pyridine rings is 1. The largest absolute Gasteiger partial charge is 0.381 e. The van der Waals surface area contributed by atoms with Gasteiger partial charge in [-0.2, -0.15) is 0 Å². The molecule has 24 heavy (non-hydrogen) atoms. The summed E-state index contributed by atoms with van der Waals surface area (Å²) in [5.41, 5.74) is 2.56. The molecule has 3 N–H and O–H groups in total. The first kappa shape index (κ1) is 16.5. The van der Waals surface area contributed by atoms with Crippen LogP contribution < -0.4 is 16.2 Å². The number of H-pyrrole nitrogens is 1. The molecule has 6 heteroatoms. The van der Waals surface area contributed by atoms with E-state index in [1.165, 1.54) is 0 Å². The number of carbonyl (C=O) groups excluding carboxylic acids is 1. The van der Waals surface area contributed by atoms with Crippen molar-refractivity contribution < 1.29 is 9.53 Å². The normalized spacial score (nSPS) is 15.4. The van der Waals surface area contributed by atoms with Gasteiger partial charge in [-0.25, -0.2) is 4.79 Å². The van der Waals surface area contributed by atoms with E-state index in [0.29, 0.717) is 31.7 Å². The number of aromatic nitrogens is 1. The third kappa shape index (κ3) is 4.14. The Kier molecular flexibility index (Phi) is 5.15. The van der Waals surface area contributed by atoms with Crippen LogP contribution in [0.1, 0.15) is 24.0 Å². The average molecular weight is 329 g/mol. The summed E-state index contributed by atoms with van der Waals surface area (Å²) in [6, 6.07) is 7.82. The zero-order chi connectivity index (χ0) is 16.9. The van der Waals surface area contributed by atoms with Crippen LogP contribution in [0.3, 0.4) is 0 Å². The molecule has 2 aromatic rings. The Morgan fingerprint density at radius 2 is 2.08 bits per heavy atom. The highest BCUT2D eigenvalue weighted by atomic mass is 16.5. The average Bonchev–Trinajstić information content (AvgIpc) is 2.56. The van der Waals surface area contributed by atoms with Gasteiger partial charge in [-0.1, -0.05) is 11.6 Å². The Bertz CT molecular complexity index is 779. The first-order valence-electron chi connectivity index (χ1n) is 8.36. The van der Waals surface area contributed by atoms with E-state index in [1.54, 1.807) is 0 Å². The summed E-state index contributed by atoms with van der Waals surface area (Å²) in [5, 5.41) is 6.77. The van der Waals surface area contributed by atoms with Crippen molar-refractivity contribution in [1.29, 1.82) is 0 Å². The fourth-order valence-corrected chi connectivity index (χ4v) is 2.95. The number of hydrogen-bond donors (Lipinski definition) is 3. The number of benzene rings is 1. The van der Waals surface area contributed by atoms with E-state index in [0.717, 1.165) is 29.3 Å². The molecule has 0 unspecified atom stereocenters. The molecule has 0 aliphatic carbocycles. The molecular formula is C18H23N3O3. The van der Waals surface area contributed by atoms with Gasteiger partial charge in [0.05, 0.1) is 0 Å². The van der Waals surface area contributed by atoms with Gasteiger partial charge in [0.2, 0.25) is 0 Å². The Balaban J connectivity index is 1.56. The Hall–Kier alpha value is -2.34. The molecule has 0 spiro atoms. The van der Waals surface area contributed by atoms with Crippen molar-refractivity contribution in [2.45, 2.75) is 32.2 Å². The summed E-state index contributed by atoms with van der Waals surface area (Å²) in [7, 11) is 0. The van der Waals surface area contributed by atoms with Gasteiger partial charge < -0.3 is 20.4 Å². The molecule has 1 aromatic carbocycles. The van der Waals surface area contributed by atoms with E-state index >= 15 is 0 Å². The lowest BCUT2D eigenvalue weighted by atomic mass is 10.1. The zero-order valence-electron chi connectivity index (χ0n) is 13.9. The minimum absolute atomic E-state index is 0.0991. The molecule has 2 amide bonds. The van der Waals surface area contributed by atoms with E-state index in [1.807, 2.05) is 31.2 Å². The van der Waals surface area contributed by atoms with Gasteiger partial charge in [0.25, 0.3) is 5.56 Å². The smallest absolute Gasteiger partial charge is 0.315 e. The van der Waals surface area contributed by atoms with Crippen molar-refractivity contribution >= 4 is 16.9 Å². The number of ether oxygens (including phenoxy) is 1. The number of fused-ring (bicyclic) bond motifs is 1. The third-order valence-corrected chi connectivity index (χ3v) is 4.31. The Labute approximate surface area is 140 Å². The molecule has 0 saturated carbocycles. The SMILES string of the molecule is Cc1ccc2[nH]c(=O)c(CCNC(=O)NC3CCOCC3)cc2c1. The highest BCUT2D eigenvalue weighted by molar-refractivity contribution is 5.79. The molecule has 128 valence electrons. The van der Waals surface area contributed by atoms with E-state index in [4.69, 9.17) is 4.74 Å². The number of urea groups is 1. The molecule has 1 aliphatic heterocycles. The number of hydrogen-bond acceptors (Lipinski definition) is 3. The number of aromatic amines is 1. The van der Waals surface area contributed by atoms with Gasteiger partial charge in [0, 0.05) is 36.9 Å². The second-order valence-corrected chi connectivity index (χ2v) is 6.25. The molecule has 1 aliphatic rings. The Morgan fingerprint density at radius 3 is 2.88 bits per heavy atom. The molecule has 0 bridgehead atoms. The zero-order valence-corrected chi connectivity index (χ0v) is 13.9. The van der Waals surface area contributed by atoms with Gasteiger partial charge >= 0.3 is 6.03 Å². The van der Waals surface area contributed by atoms with Crippen molar-refractivity contribution in [1.82, 2.24) is 15.6 Å². The van der Waals surface area contributed by atoms with Crippen LogP contribution in [0.4, 0.5) is 4.79 Å². The molecule has 1 saturated heterocycles. The summed E-state index contributed by atoms with van der Waals surface area (Å²) >= 11 is 0. The third-order valence-electron chi connectivity index (χ3n) is 4.31. The maximum atomic E-state index is 12.1. The maximum Gasteiger partial charge on any atom is 0.315 e. The molecule has 1 aromatic heterocycles. The first-order valence-corrected chi connectivity index (χ1v) is 8.36. The summed E-state index contributed by atoms with van der Waals surface area (Å²) in [5.74, 6) is 0. The van der Waals surface area contributed by atoms with Crippen LogP contribution >= 0.6 is 0 Å². The van der Waals surface area contributed by atoms with Crippen molar-refractivity contribution in [3.05, 3.63) is 45.7 Å². The minimum Gasteiger partial charge on any atom is -0.381 e. The monoisotopic (exact) mass is 329 g/mol. The molecule has 2 heterocycles. The molecule has 0 atom stereocenters. The fraction of sp³-hybridized carbons (Fsp3) is 0.444. The van der Waals surface area contributed by atoms with Gasteiger partial charge in [0.15, 0.2) is 0 Å². The number of nitrogens with one attached hydrogen (secondary N) is 3. The molecule has 1 fully saturated rings. The lowest BCUT2D eigenvalue weighted by Crippen LogP contribution is -2.45. The predicted molar refractivity (Wildman–Crippen MR) is 93.4 cm³/mol. The van der Waals surface area contributed by atoms with Crippen molar-refractivity contribution in [2.24, 2.45) is 0 Å². The summed E-state index contributed by atoms with van der Waals surface area (Å²) in [6.45, 7) is 3.83. The second-order valence-electron chi connectivity index (χ2n) is 6.25. The Morgan fingerprint density at radius 1 is 1.29 bits per heavy atom. The fourth-order valence-electron chi connectivity index (χ4n) is 2.95. The summed E-state index contributed by atoms with van der Waals surface area (Å²) in [6.07, 6.45) is 2.19. The van der Waals surface area contributed by atoms with Crippen molar-refractivity contribution in [3.63, 3.8) is 0 Å². The van der Waals surface area contributed by atoms with E-state index in [9.17, 15) is 9.59 Å². The predicted octanol–water partition coefficient (Wildman–Crippen LogP) is 1.86. The minimum atomic E-state index is -0.185. The topological polar surface area (TPSA) is 83.2 Å². The second kappa shape index (κ2) is 7.49. The van der Waals surface area contributed by atoms with Crippen LogP contribution in [0.15, 0.2) is 29.1 Å². The number of carbonyl (C=O) groups is 1. The van der Waals surface area contributed by atoms with Crippen LogP contribution in [0.25, 0.3) is 10.9 Å². The van der Waals surface area contributed by atoms with Gasteiger partial charge in [-0.15, -0.1) is 0 Å². The van der Waals surface area contributed by atoms with Gasteiger partial charge in [0.1, 0.15) is 0 Å². The van der Waals surface area contributed by atoms with Gasteiger partial charge in [-0.05, 0) is 49.8 Å². The molecule has 6 nitrogen and oxygen atoms in total.